The van der Waals surface area contributed by atoms with Crippen molar-refractivity contribution in [1.82, 2.24) is 19.5 Å². The van der Waals surface area contributed by atoms with Crippen LogP contribution in [0.5, 0.6) is 0 Å². The lowest BCUT2D eigenvalue weighted by molar-refractivity contribution is 0.669. The van der Waals surface area contributed by atoms with Crippen molar-refractivity contribution in [3.8, 4) is 51.0 Å². The molecule has 12 rings (SSSR count). The molecule has 8 aromatic carbocycles. The van der Waals surface area contributed by atoms with Crippen molar-refractivity contribution in [2.75, 3.05) is 0 Å². The van der Waals surface area contributed by atoms with Crippen LogP contribution >= 0.6 is 0 Å². The summed E-state index contributed by atoms with van der Waals surface area (Å²) in [4.78, 5) is 14.1. The van der Waals surface area contributed by atoms with E-state index in [1.165, 1.54) is 12.1 Å². The molecule has 0 fully saturated rings. The number of furan rings is 2. The van der Waals surface area contributed by atoms with Crippen LogP contribution < -0.4 is 0 Å². The average Bonchev–Trinajstić information content (AvgIpc) is 4.13. The summed E-state index contributed by atoms with van der Waals surface area (Å²) in [5.74, 6) is -1.30. The fraction of sp³-hybridized carbons (Fsp3) is 0. The van der Waals surface area contributed by atoms with E-state index in [-0.39, 0.29) is 95.1 Å². The number of aromatic nitrogens is 4. The Bertz CT molecular complexity index is 4590. The maximum atomic E-state index is 9.62. The van der Waals surface area contributed by atoms with Crippen molar-refractivity contribution in [3.63, 3.8) is 0 Å². The lowest BCUT2D eigenvalue weighted by Gasteiger charge is -2.11. The second-order valence-corrected chi connectivity index (χ2v) is 12.9. The fourth-order valence-electron chi connectivity index (χ4n) is 7.28. The lowest BCUT2D eigenvalue weighted by Crippen LogP contribution is -2.06. The van der Waals surface area contributed by atoms with E-state index in [4.69, 9.17) is 30.3 Å². The highest BCUT2D eigenvalue weighted by Gasteiger charge is 2.22. The van der Waals surface area contributed by atoms with E-state index in [9.17, 15) is 9.60 Å². The van der Waals surface area contributed by atoms with Crippen LogP contribution in [0.1, 0.15) is 26.0 Å². The molecule has 0 N–H and O–H groups in total. The zero-order valence-electron chi connectivity index (χ0n) is 48.0. The lowest BCUT2D eigenvalue weighted by atomic mass is 9.99. The fourth-order valence-corrected chi connectivity index (χ4v) is 7.28. The molecule has 0 aliphatic heterocycles. The van der Waals surface area contributed by atoms with Gasteiger partial charge in [0.1, 0.15) is 22.3 Å². The zero-order valence-corrected chi connectivity index (χ0v) is 29.0. The first-order valence-corrected chi connectivity index (χ1v) is 17.5. The molecule has 266 valence electrons. The molecule has 0 aliphatic carbocycles. The smallest absolute Gasteiger partial charge is 0.238 e. The van der Waals surface area contributed by atoms with Gasteiger partial charge in [-0.25, -0.2) is 4.98 Å². The van der Waals surface area contributed by atoms with Crippen LogP contribution in [0.15, 0.2) is 190 Å². The first-order valence-electron chi connectivity index (χ1n) is 27.0. The molecule has 12 aromatic rings. The summed E-state index contributed by atoms with van der Waals surface area (Å²) in [5, 5.41) is 0.143. The molecule has 0 bridgehead atoms. The number of hydrogen-bond acceptors (Lipinski definition) is 5. The molecule has 0 spiro atoms. The molecule has 0 aliphatic rings. The summed E-state index contributed by atoms with van der Waals surface area (Å²) in [6, 6.07) is 6.57. The molecule has 4 heterocycles. The Morgan fingerprint density at radius 3 is 2.02 bits per heavy atom. The predicted molar refractivity (Wildman–Crippen MR) is 230 cm³/mol. The second kappa shape index (κ2) is 12.3. The van der Waals surface area contributed by atoms with Gasteiger partial charge in [-0.3, -0.25) is 4.57 Å². The Labute approximate surface area is 352 Å². The third-order valence-corrected chi connectivity index (χ3v) is 9.74. The molecule has 0 saturated heterocycles. The van der Waals surface area contributed by atoms with E-state index in [2.05, 4.69) is 9.97 Å². The van der Waals surface area contributed by atoms with Gasteiger partial charge in [0, 0.05) is 43.4 Å². The second-order valence-electron chi connectivity index (χ2n) is 12.9. The highest BCUT2D eigenvalue weighted by atomic mass is 16.3. The predicted octanol–water partition coefficient (Wildman–Crippen LogP) is 13.4. The van der Waals surface area contributed by atoms with Crippen LogP contribution in [0.2, 0.25) is 0 Å². The summed E-state index contributed by atoms with van der Waals surface area (Å²) >= 11 is 0. The van der Waals surface area contributed by atoms with Crippen LogP contribution in [0.3, 0.4) is 0 Å². The van der Waals surface area contributed by atoms with Gasteiger partial charge in [-0.15, -0.1) is 0 Å². The topological polar surface area (TPSA) is 69.9 Å². The molecule has 0 unspecified atom stereocenters. The minimum absolute atomic E-state index is 0.0450. The largest absolute Gasteiger partial charge is 0.456 e. The number of para-hydroxylation sites is 1. The van der Waals surface area contributed by atoms with Gasteiger partial charge in [0.25, 0.3) is 0 Å². The van der Waals surface area contributed by atoms with E-state index in [0.717, 1.165) is 4.57 Å². The summed E-state index contributed by atoms with van der Waals surface area (Å²) in [6.45, 7) is 0. The summed E-state index contributed by atoms with van der Waals surface area (Å²) in [5.41, 5.74) is -0.462. The van der Waals surface area contributed by atoms with Crippen molar-refractivity contribution < 1.29 is 34.9 Å². The summed E-state index contributed by atoms with van der Waals surface area (Å²) in [6.07, 6.45) is 0. The van der Waals surface area contributed by atoms with E-state index in [1.807, 2.05) is 0 Å². The van der Waals surface area contributed by atoms with Crippen molar-refractivity contribution in [2.45, 2.75) is 0 Å². The highest BCUT2D eigenvalue weighted by Crippen LogP contribution is 2.43. The number of benzene rings is 8. The maximum Gasteiger partial charge on any atom is 0.238 e. The van der Waals surface area contributed by atoms with Crippen LogP contribution in [-0.2, 0) is 0 Å². The highest BCUT2D eigenvalue weighted by molar-refractivity contribution is 6.27. The number of rotatable bonds is 5. The standard InChI is InChI=1S/C51H30N4O2/c1-4-13-31(14-5-1)34-23-25-39-44(29-34)57-43-28-27-41-47(48(39)43)37-19-10-11-21-40(37)55(41)51-53-49(33-17-8-3-9-18-33)52-50(54-51)35-24-26-38-45(30-35)56-42-22-12-20-36(46(38)42)32-15-6-2-7-16-32/h1-30H/i2D,3D,6D,7D,8D,9D,10D,11D,15D,16D,17D,18D,19D,21D,23D,25D,27D,28D,29D. The van der Waals surface area contributed by atoms with E-state index < -0.39 is 120 Å². The van der Waals surface area contributed by atoms with Gasteiger partial charge in [0.2, 0.25) is 5.95 Å². The van der Waals surface area contributed by atoms with Gasteiger partial charge >= 0.3 is 0 Å². The minimum atomic E-state index is -0.741. The first-order chi connectivity index (χ1) is 36.2. The van der Waals surface area contributed by atoms with E-state index in [1.54, 1.807) is 54.6 Å². The van der Waals surface area contributed by atoms with Crippen molar-refractivity contribution >= 4 is 65.7 Å². The molecule has 4 aromatic heterocycles. The number of fused-ring (bicyclic) bond motifs is 10. The molecular weight excluding hydrogens is 701 g/mol. The quantitative estimate of drug-likeness (QED) is 0.175. The minimum Gasteiger partial charge on any atom is -0.456 e. The van der Waals surface area contributed by atoms with E-state index >= 15 is 0 Å². The van der Waals surface area contributed by atoms with Gasteiger partial charge in [0.05, 0.1) is 37.1 Å². The van der Waals surface area contributed by atoms with Gasteiger partial charge in [-0.05, 0) is 70.7 Å². The molecule has 0 saturated carbocycles. The van der Waals surface area contributed by atoms with Crippen molar-refractivity contribution in [2.24, 2.45) is 0 Å². The van der Waals surface area contributed by atoms with Crippen LogP contribution in [-0.4, -0.2) is 19.5 Å². The SMILES string of the molecule is [2H]c1c([2H])c([2H])c(-c2nc(-c3ccc4c(c3)oc3cccc(-c5c([2H])c([2H])c([2H])c([2H])c5[2H])c34)nc(-n3c4c([2H])c([2H])c([2H])c([2H])c4c4c5c(oc6c([2H])c(-c7ccccc7)c([2H])c([2H])c65)c([2H])c([2H])c43)n2)c([2H])c1[2H]. The molecule has 6 heteroatoms. The Kier molecular flexibility index (Phi) is 3.94. The number of hydrogen-bond donors (Lipinski definition) is 0. The zero-order chi connectivity index (χ0) is 54.0. The Morgan fingerprint density at radius 2 is 1.18 bits per heavy atom. The summed E-state index contributed by atoms with van der Waals surface area (Å²) in [7, 11) is 0. The number of nitrogens with zero attached hydrogens (tertiary/aromatic N) is 4. The van der Waals surface area contributed by atoms with E-state index in [0.29, 0.717) is 16.3 Å². The normalized spacial score (nSPS) is 16.5. The van der Waals surface area contributed by atoms with Gasteiger partial charge in [-0.2, -0.15) is 9.97 Å². The van der Waals surface area contributed by atoms with Crippen LogP contribution in [0.4, 0.5) is 0 Å². The van der Waals surface area contributed by atoms with Gasteiger partial charge in [0.15, 0.2) is 11.6 Å². The molecule has 57 heavy (non-hydrogen) atoms. The monoisotopic (exact) mass is 749 g/mol. The molecule has 0 radical (unpaired) electrons. The first kappa shape index (κ1) is 18.2. The van der Waals surface area contributed by atoms with Crippen molar-refractivity contribution in [3.05, 3.63) is 182 Å². The van der Waals surface area contributed by atoms with Crippen molar-refractivity contribution in [1.29, 1.82) is 0 Å². The third kappa shape index (κ3) is 4.94. The Hall–Kier alpha value is -7.83. The molecule has 0 atom stereocenters. The molecule has 6 nitrogen and oxygen atoms in total. The van der Waals surface area contributed by atoms with Crippen LogP contribution in [0.25, 0.3) is 117 Å². The Balaban J connectivity index is 1.20. The maximum absolute atomic E-state index is 9.62. The van der Waals surface area contributed by atoms with Gasteiger partial charge < -0.3 is 8.83 Å². The third-order valence-electron chi connectivity index (χ3n) is 9.74. The average molecular weight is 750 g/mol. The van der Waals surface area contributed by atoms with Crippen LogP contribution in [0, 0.1) is 0 Å². The molecular formula is C51H30N4O2. The van der Waals surface area contributed by atoms with Gasteiger partial charge in [-0.1, -0.05) is 133 Å². The summed E-state index contributed by atoms with van der Waals surface area (Å²) < 4.78 is 183. The Morgan fingerprint density at radius 1 is 0.421 bits per heavy atom. The molecule has 0 amide bonds.